The highest BCUT2D eigenvalue weighted by Crippen LogP contribution is 2.40. The minimum atomic E-state index is -1.37. The fourth-order valence-electron chi connectivity index (χ4n) is 9.92. The number of rotatable bonds is 4. The first-order chi connectivity index (χ1) is 36.4. The molecule has 7 rings (SSSR count). The summed E-state index contributed by atoms with van der Waals surface area (Å²) in [5.74, 6) is -0.380. The predicted octanol–water partition coefficient (Wildman–Crippen LogP) is 0.0607. The Kier molecular flexibility index (Phi) is 29.0. The molecule has 0 spiro atoms. The monoisotopic (exact) mass is 1160 g/mol. The molecular weight excluding hydrogens is 1050 g/mol. The number of esters is 1. The summed E-state index contributed by atoms with van der Waals surface area (Å²) in [6, 6.07) is 0. The molecule has 0 amide bonds. The Morgan fingerprint density at radius 2 is 0.900 bits per heavy atom. The van der Waals surface area contributed by atoms with Crippen LogP contribution in [0.3, 0.4) is 0 Å². The van der Waals surface area contributed by atoms with Crippen molar-refractivity contribution in [1.82, 2.24) is 0 Å². The van der Waals surface area contributed by atoms with E-state index in [1.54, 1.807) is 6.92 Å². The second-order valence-electron chi connectivity index (χ2n) is 27.6. The first-order valence-electron chi connectivity index (χ1n) is 28.4. The van der Waals surface area contributed by atoms with E-state index in [0.717, 1.165) is 0 Å². The molecule has 0 aliphatic carbocycles. The van der Waals surface area contributed by atoms with Crippen LogP contribution in [0.25, 0.3) is 0 Å². The zero-order valence-electron chi connectivity index (χ0n) is 50.9. The van der Waals surface area contributed by atoms with Gasteiger partial charge < -0.3 is 105 Å². The topological polar surface area (TPSA) is 382 Å². The van der Waals surface area contributed by atoms with E-state index in [4.69, 9.17) is 38.3 Å². The van der Waals surface area contributed by atoms with Crippen molar-refractivity contribution < 1.29 is 114 Å². The van der Waals surface area contributed by atoms with E-state index in [2.05, 4.69) is 55.4 Å². The van der Waals surface area contributed by atoms with Gasteiger partial charge in [-0.25, -0.2) is 4.79 Å². The van der Waals surface area contributed by atoms with Crippen molar-refractivity contribution in [2.24, 2.45) is 33.5 Å². The average molecular weight is 1160 g/mol. The Bertz CT molecular complexity index is 1760. The maximum Gasteiger partial charge on any atom is 0.338 e. The van der Waals surface area contributed by atoms with Crippen LogP contribution in [0.5, 0.6) is 0 Å². The highest BCUT2D eigenvalue weighted by atomic mass is 16.6. The Morgan fingerprint density at radius 1 is 0.487 bits per heavy atom. The summed E-state index contributed by atoms with van der Waals surface area (Å²) in [6.45, 7) is 35.2. The van der Waals surface area contributed by atoms with E-state index < -0.39 is 127 Å². The van der Waals surface area contributed by atoms with Gasteiger partial charge in [-0.05, 0) is 47.3 Å². The molecule has 23 heteroatoms. The van der Waals surface area contributed by atoms with E-state index in [1.807, 2.05) is 55.4 Å². The molecule has 7 saturated heterocycles. The van der Waals surface area contributed by atoms with Crippen molar-refractivity contribution in [2.45, 2.75) is 297 Å². The van der Waals surface area contributed by atoms with Gasteiger partial charge in [-0.15, -0.1) is 0 Å². The maximum absolute atomic E-state index is 11.3. The number of carbonyl (C=O) groups is 2. The number of Topliss-reactive ketones (excluding diaryl/α,β-unsaturated/α-hetero) is 1. The molecule has 0 aromatic rings. The highest BCUT2D eigenvalue weighted by Gasteiger charge is 2.59. The summed E-state index contributed by atoms with van der Waals surface area (Å²) in [5, 5.41) is 132. The lowest BCUT2D eigenvalue weighted by Gasteiger charge is -2.45. The van der Waals surface area contributed by atoms with Gasteiger partial charge in [-0.1, -0.05) is 111 Å². The molecular formula is C57H108O23. The molecule has 0 aromatic heterocycles. The molecule has 0 saturated carbocycles. The standard InChI is InChI=1S/C11H20O5.C10H16O5.C9H18O4.3C9H18O3/c1-5(12)9-7(14)6(13)8(15)10(16-9)11(2,3)4;1-10(2,3)8-4(11)6-7(14-8)5(12)9(13)15-6;1-5(2)7-3-6(11)9(12)8(4-10)13-7;2*1-9(2,3)8-4-6(10)7(11)5-12-8;1-5(2)8-4-7(10)9(11)6(3)12-8/h6-10,13-15H,1-4H3;4-8,11-12H,1-3H3;5-12H,3-4H2,1-2H3;2*6-8,10-11H,4-5H2,1-3H3;5-11H,4H2,1-3H3/t6-,7+,8?,9?,10+;4-,5-,6?,7+,8+;6-,7-,8?,9-;6-,7+,8-;6-,7-,8-;6?,7-,8-,9-/m001111/s1. The quantitative estimate of drug-likeness (QED) is 0.166. The SMILES string of the molecule is CC(=O)C1O[C@@H](C(C)(C)C)C(O)[C@@H](O)[C@H]1O.CC(C)(C)[C@@H]1O[C@H]2C(OC(=O)[C@H]2O)[C@@H]1O.CC(C)(C)[C@H]1C[C@@H](O)[C@@H](O)CO1.CC(C)(C)[C@H]1C[C@@H](O)[C@H](O)CO1.CC(C)[C@H]1C[C@@H](O)[C@@H](O)C(CO)O1.CC1O[C@@H](C(C)C)C[C@@H](O)[C@@H]1O. The number of hydrogen-bond donors (Lipinski definition) is 14. The molecule has 23 nitrogen and oxygen atoms in total. The molecule has 24 atom stereocenters. The van der Waals surface area contributed by atoms with Crippen LogP contribution >= 0.6 is 0 Å². The van der Waals surface area contributed by atoms with E-state index >= 15 is 0 Å². The number of ether oxygens (including phenoxy) is 7. The lowest BCUT2D eigenvalue weighted by atomic mass is 9.80. The smallest absolute Gasteiger partial charge is 0.338 e. The number of aliphatic hydroxyl groups is 14. The van der Waals surface area contributed by atoms with Gasteiger partial charge in [-0.3, -0.25) is 4.79 Å². The minimum absolute atomic E-state index is 0.0428. The average Bonchev–Trinajstić information content (AvgIpc) is 3.82. The van der Waals surface area contributed by atoms with Crippen LogP contribution in [0.4, 0.5) is 0 Å². The van der Waals surface area contributed by atoms with Crippen LogP contribution in [0.1, 0.15) is 150 Å². The molecule has 14 N–H and O–H groups in total. The third kappa shape index (κ3) is 21.4. The van der Waals surface area contributed by atoms with E-state index in [-0.39, 0.29) is 78.3 Å². The van der Waals surface area contributed by atoms with Crippen LogP contribution in [0, 0.1) is 33.5 Å². The second-order valence-corrected chi connectivity index (χ2v) is 27.6. The first-order valence-corrected chi connectivity index (χ1v) is 28.4. The predicted molar refractivity (Wildman–Crippen MR) is 291 cm³/mol. The van der Waals surface area contributed by atoms with E-state index in [9.17, 15) is 76.0 Å². The van der Waals surface area contributed by atoms with Crippen molar-refractivity contribution >= 4 is 11.8 Å². The molecule has 7 fully saturated rings. The Balaban J connectivity index is 0.000000329. The van der Waals surface area contributed by atoms with Crippen molar-refractivity contribution in [1.29, 1.82) is 0 Å². The molecule has 7 aliphatic heterocycles. The summed E-state index contributed by atoms with van der Waals surface area (Å²) in [4.78, 5) is 22.3. The Morgan fingerprint density at radius 3 is 1.25 bits per heavy atom. The fraction of sp³-hybridized carbons (Fsp3) is 0.965. The highest BCUT2D eigenvalue weighted by molar-refractivity contribution is 5.81. The van der Waals surface area contributed by atoms with Crippen molar-refractivity contribution in [3.8, 4) is 0 Å². The van der Waals surface area contributed by atoms with Gasteiger partial charge in [-0.2, -0.15) is 0 Å². The van der Waals surface area contributed by atoms with E-state index in [1.165, 1.54) is 6.92 Å². The van der Waals surface area contributed by atoms with Gasteiger partial charge in [0.2, 0.25) is 0 Å². The number of carbonyl (C=O) groups excluding carboxylic acids is 2. The van der Waals surface area contributed by atoms with Crippen LogP contribution in [0.15, 0.2) is 0 Å². The molecule has 0 aromatic carbocycles. The molecule has 0 bridgehead atoms. The first kappa shape index (κ1) is 74.4. The van der Waals surface area contributed by atoms with Crippen LogP contribution < -0.4 is 0 Å². The van der Waals surface area contributed by atoms with Gasteiger partial charge in [0, 0.05) is 25.7 Å². The summed E-state index contributed by atoms with van der Waals surface area (Å²) < 4.78 is 37.5. The molecule has 7 aliphatic rings. The molecule has 7 heterocycles. The van der Waals surface area contributed by atoms with Gasteiger partial charge in [0.25, 0.3) is 0 Å². The van der Waals surface area contributed by atoms with Gasteiger partial charge in [0.1, 0.15) is 67.1 Å². The number of hydrogen-bond acceptors (Lipinski definition) is 23. The zero-order valence-corrected chi connectivity index (χ0v) is 50.9. The normalized spacial score (nSPS) is 41.4. The van der Waals surface area contributed by atoms with Crippen LogP contribution in [0.2, 0.25) is 0 Å². The maximum atomic E-state index is 11.3. The largest absolute Gasteiger partial charge is 0.455 e. The zero-order chi connectivity index (χ0) is 62.1. The van der Waals surface area contributed by atoms with Crippen molar-refractivity contribution in [3.63, 3.8) is 0 Å². The third-order valence-corrected chi connectivity index (χ3v) is 15.5. The van der Waals surface area contributed by atoms with Crippen molar-refractivity contribution in [3.05, 3.63) is 0 Å². The summed E-state index contributed by atoms with van der Waals surface area (Å²) in [5.41, 5.74) is -0.591. The Hall–Kier alpha value is -1.66. The minimum Gasteiger partial charge on any atom is -0.455 e. The lowest BCUT2D eigenvalue weighted by Crippen LogP contribution is -2.62. The summed E-state index contributed by atoms with van der Waals surface area (Å²) in [6.07, 6.45) is -14.1. The fourth-order valence-corrected chi connectivity index (χ4v) is 9.92. The van der Waals surface area contributed by atoms with E-state index in [0.29, 0.717) is 31.6 Å². The number of ketones is 1. The molecule has 80 heavy (non-hydrogen) atoms. The number of fused-ring (bicyclic) bond motifs is 1. The van der Waals surface area contributed by atoms with Gasteiger partial charge in [0.05, 0.1) is 87.0 Å². The number of aliphatic hydroxyl groups excluding tert-OH is 14. The molecule has 5 unspecified atom stereocenters. The Labute approximate surface area is 474 Å². The molecule has 474 valence electrons. The second kappa shape index (κ2) is 31.1. The third-order valence-electron chi connectivity index (χ3n) is 15.5. The van der Waals surface area contributed by atoms with Crippen LogP contribution in [-0.2, 0) is 42.7 Å². The van der Waals surface area contributed by atoms with Crippen LogP contribution in [-0.4, -0.2) is 250 Å². The molecule has 0 radical (unpaired) electrons. The summed E-state index contributed by atoms with van der Waals surface area (Å²) in [7, 11) is 0. The van der Waals surface area contributed by atoms with Gasteiger partial charge >= 0.3 is 5.97 Å². The lowest BCUT2D eigenvalue weighted by molar-refractivity contribution is -0.239. The summed E-state index contributed by atoms with van der Waals surface area (Å²) >= 11 is 0. The van der Waals surface area contributed by atoms with Crippen molar-refractivity contribution in [2.75, 3.05) is 19.8 Å². The van der Waals surface area contributed by atoms with Gasteiger partial charge in [0.15, 0.2) is 18.0 Å².